The lowest BCUT2D eigenvalue weighted by Gasteiger charge is -2.37. The maximum absolute atomic E-state index is 9.54. The first kappa shape index (κ1) is 13.8. The van der Waals surface area contributed by atoms with Gasteiger partial charge in [-0.15, -0.1) is 0 Å². The summed E-state index contributed by atoms with van der Waals surface area (Å²) < 4.78 is 7.33. The van der Waals surface area contributed by atoms with Crippen LogP contribution in [0.3, 0.4) is 0 Å². The molecule has 1 unspecified atom stereocenters. The summed E-state index contributed by atoms with van der Waals surface area (Å²) in [6.07, 6.45) is 2.42. The first-order valence-corrected chi connectivity index (χ1v) is 10.4. The Morgan fingerprint density at radius 3 is 2.72 bits per heavy atom. The zero-order valence-electron chi connectivity index (χ0n) is 11.1. The van der Waals surface area contributed by atoms with Crippen LogP contribution in [0.15, 0.2) is 22.7 Å². The fraction of sp³-hybridized carbons (Fsp3) is 0.500. The summed E-state index contributed by atoms with van der Waals surface area (Å²) in [5, 5.41) is 9.54. The molecular weight excluding hydrogens is 306 g/mol. The van der Waals surface area contributed by atoms with Gasteiger partial charge in [-0.3, -0.25) is 0 Å². The van der Waals surface area contributed by atoms with E-state index < -0.39 is 13.9 Å². The van der Waals surface area contributed by atoms with E-state index in [-0.39, 0.29) is 0 Å². The SMILES string of the molecule is C[Si](C)(C)OC1(C#N)CCc2c(Br)cccc2C1. The maximum Gasteiger partial charge on any atom is 0.185 e. The third-order valence-electron chi connectivity index (χ3n) is 3.18. The lowest BCUT2D eigenvalue weighted by molar-refractivity contribution is 0.104. The van der Waals surface area contributed by atoms with Crippen LogP contribution in [0.5, 0.6) is 0 Å². The van der Waals surface area contributed by atoms with E-state index in [2.05, 4.69) is 53.8 Å². The first-order chi connectivity index (χ1) is 8.35. The Bertz CT molecular complexity index is 503. The van der Waals surface area contributed by atoms with Gasteiger partial charge in [-0.05, 0) is 49.7 Å². The van der Waals surface area contributed by atoms with Gasteiger partial charge in [0.1, 0.15) is 5.60 Å². The molecule has 0 amide bonds. The third-order valence-corrected chi connectivity index (χ3v) is 4.92. The van der Waals surface area contributed by atoms with Gasteiger partial charge in [0.2, 0.25) is 0 Å². The lowest BCUT2D eigenvalue weighted by Crippen LogP contribution is -2.45. The smallest absolute Gasteiger partial charge is 0.185 e. The zero-order chi connectivity index (χ0) is 13.4. The van der Waals surface area contributed by atoms with Crippen molar-refractivity contribution in [3.63, 3.8) is 0 Å². The number of rotatable bonds is 2. The quantitative estimate of drug-likeness (QED) is 0.769. The molecule has 1 atom stereocenters. The highest BCUT2D eigenvalue weighted by atomic mass is 79.9. The van der Waals surface area contributed by atoms with Crippen molar-refractivity contribution in [2.24, 2.45) is 0 Å². The molecule has 1 aliphatic rings. The largest absolute Gasteiger partial charge is 0.400 e. The summed E-state index contributed by atoms with van der Waals surface area (Å²) in [4.78, 5) is 0. The molecule has 0 heterocycles. The van der Waals surface area contributed by atoms with E-state index in [1.807, 2.05) is 6.07 Å². The first-order valence-electron chi connectivity index (χ1n) is 6.23. The summed E-state index contributed by atoms with van der Waals surface area (Å²) in [5.74, 6) is 0. The van der Waals surface area contributed by atoms with Crippen LogP contribution >= 0.6 is 15.9 Å². The molecule has 0 radical (unpaired) electrons. The van der Waals surface area contributed by atoms with Gasteiger partial charge in [0.05, 0.1) is 6.07 Å². The molecule has 0 aliphatic heterocycles. The molecule has 2 rings (SSSR count). The van der Waals surface area contributed by atoms with Gasteiger partial charge >= 0.3 is 0 Å². The number of hydrogen-bond donors (Lipinski definition) is 0. The van der Waals surface area contributed by atoms with E-state index >= 15 is 0 Å². The predicted octanol–water partition coefficient (Wildman–Crippen LogP) is 4.05. The number of nitrogens with zero attached hydrogens (tertiary/aromatic N) is 1. The van der Waals surface area contributed by atoms with E-state index in [4.69, 9.17) is 4.43 Å². The molecule has 4 heteroatoms. The second-order valence-electron chi connectivity index (χ2n) is 5.87. The molecule has 1 aliphatic carbocycles. The van der Waals surface area contributed by atoms with E-state index in [9.17, 15) is 5.26 Å². The van der Waals surface area contributed by atoms with Crippen LogP contribution in [-0.4, -0.2) is 13.9 Å². The van der Waals surface area contributed by atoms with E-state index in [1.54, 1.807) is 0 Å². The molecule has 2 nitrogen and oxygen atoms in total. The van der Waals surface area contributed by atoms with Gasteiger partial charge < -0.3 is 4.43 Å². The van der Waals surface area contributed by atoms with Crippen LogP contribution in [-0.2, 0) is 17.3 Å². The van der Waals surface area contributed by atoms with Crippen LogP contribution < -0.4 is 0 Å². The zero-order valence-corrected chi connectivity index (χ0v) is 13.7. The van der Waals surface area contributed by atoms with E-state index in [0.29, 0.717) is 6.42 Å². The van der Waals surface area contributed by atoms with Gasteiger partial charge in [0.15, 0.2) is 8.32 Å². The minimum absolute atomic E-state index is 0.613. The van der Waals surface area contributed by atoms with Crippen LogP contribution in [0, 0.1) is 11.3 Å². The Morgan fingerprint density at radius 2 is 2.11 bits per heavy atom. The molecule has 0 saturated heterocycles. The van der Waals surface area contributed by atoms with Crippen molar-refractivity contribution < 1.29 is 4.43 Å². The van der Waals surface area contributed by atoms with Crippen molar-refractivity contribution in [3.8, 4) is 6.07 Å². The van der Waals surface area contributed by atoms with E-state index in [0.717, 1.165) is 17.3 Å². The topological polar surface area (TPSA) is 33.0 Å². The Morgan fingerprint density at radius 1 is 1.39 bits per heavy atom. The third kappa shape index (κ3) is 2.85. The van der Waals surface area contributed by atoms with Crippen molar-refractivity contribution in [1.29, 1.82) is 5.26 Å². The summed E-state index contributed by atoms with van der Waals surface area (Å²) in [6, 6.07) is 8.64. The molecule has 0 N–H and O–H groups in total. The van der Waals surface area contributed by atoms with Gasteiger partial charge in [-0.25, -0.2) is 0 Å². The van der Waals surface area contributed by atoms with Crippen molar-refractivity contribution in [1.82, 2.24) is 0 Å². The Hall–Kier alpha value is -0.633. The van der Waals surface area contributed by atoms with Crippen LogP contribution in [0.25, 0.3) is 0 Å². The fourth-order valence-electron chi connectivity index (χ4n) is 2.56. The molecule has 96 valence electrons. The van der Waals surface area contributed by atoms with Crippen LogP contribution in [0.4, 0.5) is 0 Å². The monoisotopic (exact) mass is 323 g/mol. The molecule has 0 spiro atoms. The fourth-order valence-corrected chi connectivity index (χ4v) is 4.56. The van der Waals surface area contributed by atoms with Crippen molar-refractivity contribution in [2.45, 2.75) is 44.5 Å². The van der Waals surface area contributed by atoms with Crippen molar-refractivity contribution in [3.05, 3.63) is 33.8 Å². The van der Waals surface area contributed by atoms with Crippen molar-refractivity contribution >= 4 is 24.2 Å². The number of halogens is 1. The number of benzene rings is 1. The Kier molecular flexibility index (Phi) is 3.68. The summed E-state index contributed by atoms with van der Waals surface area (Å²) in [6.45, 7) is 6.42. The van der Waals surface area contributed by atoms with Crippen LogP contribution in [0.2, 0.25) is 19.6 Å². The normalized spacial score (nSPS) is 23.3. The number of nitriles is 1. The highest BCUT2D eigenvalue weighted by Gasteiger charge is 2.39. The Labute approximate surface area is 118 Å². The summed E-state index contributed by atoms with van der Waals surface area (Å²) >= 11 is 3.59. The van der Waals surface area contributed by atoms with Gasteiger partial charge in [-0.1, -0.05) is 28.1 Å². The highest BCUT2D eigenvalue weighted by Crippen LogP contribution is 2.36. The Balaban J connectivity index is 2.32. The van der Waals surface area contributed by atoms with Gasteiger partial charge in [-0.2, -0.15) is 5.26 Å². The average Bonchev–Trinajstić information content (AvgIpc) is 2.27. The van der Waals surface area contributed by atoms with Gasteiger partial charge in [0.25, 0.3) is 0 Å². The minimum Gasteiger partial charge on any atom is -0.400 e. The van der Waals surface area contributed by atoms with Crippen LogP contribution in [0.1, 0.15) is 17.5 Å². The molecule has 0 aromatic heterocycles. The van der Waals surface area contributed by atoms with Crippen molar-refractivity contribution in [2.75, 3.05) is 0 Å². The standard InChI is InChI=1S/C14H18BrNOSi/c1-18(2,3)17-14(10-16)8-7-12-11(9-14)5-4-6-13(12)15/h4-6H,7-9H2,1-3H3. The summed E-state index contributed by atoms with van der Waals surface area (Å²) in [5.41, 5.74) is 1.97. The van der Waals surface area contributed by atoms with E-state index in [1.165, 1.54) is 11.1 Å². The number of hydrogen-bond acceptors (Lipinski definition) is 2. The lowest BCUT2D eigenvalue weighted by atomic mass is 9.81. The molecule has 0 saturated carbocycles. The predicted molar refractivity (Wildman–Crippen MR) is 78.9 cm³/mol. The minimum atomic E-state index is -1.71. The molecule has 1 aromatic rings. The molecule has 0 fully saturated rings. The molecule has 1 aromatic carbocycles. The summed E-state index contributed by atoms with van der Waals surface area (Å²) in [7, 11) is -1.71. The molecule has 0 bridgehead atoms. The molecular formula is C14H18BrNOSi. The second kappa shape index (κ2) is 4.80. The number of fused-ring (bicyclic) bond motifs is 1. The average molecular weight is 324 g/mol. The highest BCUT2D eigenvalue weighted by molar-refractivity contribution is 9.10. The molecule has 18 heavy (non-hydrogen) atoms. The second-order valence-corrected chi connectivity index (χ2v) is 11.2. The maximum atomic E-state index is 9.54. The van der Waals surface area contributed by atoms with Gasteiger partial charge in [0, 0.05) is 10.9 Å².